The second kappa shape index (κ2) is 4.12. The minimum absolute atomic E-state index is 0.181. The maximum atomic E-state index is 10.9. The van der Waals surface area contributed by atoms with Crippen LogP contribution in [-0.2, 0) is 9.09 Å². The molecule has 0 fully saturated rings. The molecule has 0 spiro atoms. The molecule has 4 heteroatoms. The van der Waals surface area contributed by atoms with Crippen LogP contribution < -0.4 is 0 Å². The van der Waals surface area contributed by atoms with E-state index in [0.717, 1.165) is 0 Å². The Morgan fingerprint density at radius 1 is 1.60 bits per heavy atom. The largest absolute Gasteiger partial charge is 0.391 e. The molecule has 0 radical (unpaired) electrons. The maximum Gasteiger partial charge on any atom is 0.197 e. The highest BCUT2D eigenvalue weighted by molar-refractivity contribution is 7.57. The lowest BCUT2D eigenvalue weighted by Crippen LogP contribution is -2.12. The molecule has 0 bridgehead atoms. The van der Waals surface area contributed by atoms with Crippen LogP contribution in [0.2, 0.25) is 0 Å². The summed E-state index contributed by atoms with van der Waals surface area (Å²) in [6.07, 6.45) is 0.160. The van der Waals surface area contributed by atoms with Crippen LogP contribution in [0, 0.1) is 0 Å². The number of hydrogen-bond donors (Lipinski definition) is 1. The standard InChI is InChI=1S/C6H15O3P/c1-4-6(7)5-9-10(2,3)8/h6-7H,4-5H2,1-3H3/t6-/m0/s1. The zero-order chi connectivity index (χ0) is 8.20. The Hall–Kier alpha value is 0.150. The summed E-state index contributed by atoms with van der Waals surface area (Å²) >= 11 is 0. The quantitative estimate of drug-likeness (QED) is 0.640. The molecule has 10 heavy (non-hydrogen) atoms. The first-order valence-electron chi connectivity index (χ1n) is 3.33. The Labute approximate surface area is 61.8 Å². The first kappa shape index (κ1) is 10.2. The zero-order valence-corrected chi connectivity index (χ0v) is 7.60. The number of aliphatic hydroxyl groups is 1. The highest BCUT2D eigenvalue weighted by atomic mass is 31.2. The zero-order valence-electron chi connectivity index (χ0n) is 6.70. The minimum Gasteiger partial charge on any atom is -0.391 e. The van der Waals surface area contributed by atoms with Crippen LogP contribution in [0.5, 0.6) is 0 Å². The molecule has 0 aromatic rings. The summed E-state index contributed by atoms with van der Waals surface area (Å²) in [5, 5.41) is 8.98. The Morgan fingerprint density at radius 2 is 2.10 bits per heavy atom. The van der Waals surface area contributed by atoms with Crippen molar-refractivity contribution in [1.29, 1.82) is 0 Å². The molecule has 0 saturated heterocycles. The molecule has 0 heterocycles. The molecule has 0 aliphatic carbocycles. The average molecular weight is 166 g/mol. The first-order chi connectivity index (χ1) is 4.45. The van der Waals surface area contributed by atoms with E-state index in [-0.39, 0.29) is 6.61 Å². The highest BCUT2D eigenvalue weighted by Gasteiger charge is 2.09. The van der Waals surface area contributed by atoms with Crippen molar-refractivity contribution in [2.24, 2.45) is 0 Å². The van der Waals surface area contributed by atoms with E-state index in [0.29, 0.717) is 6.42 Å². The van der Waals surface area contributed by atoms with Gasteiger partial charge in [0.2, 0.25) is 0 Å². The van der Waals surface area contributed by atoms with Crippen LogP contribution in [0.4, 0.5) is 0 Å². The maximum absolute atomic E-state index is 10.9. The van der Waals surface area contributed by atoms with Crippen LogP contribution in [-0.4, -0.2) is 31.1 Å². The van der Waals surface area contributed by atoms with Crippen LogP contribution in [0.1, 0.15) is 13.3 Å². The molecule has 0 rings (SSSR count). The summed E-state index contributed by atoms with van der Waals surface area (Å²) in [5.41, 5.74) is 0. The topological polar surface area (TPSA) is 46.5 Å². The molecule has 0 amide bonds. The third-order valence-electron chi connectivity index (χ3n) is 1.05. The molecule has 1 atom stereocenters. The SMILES string of the molecule is CC[C@H](O)COP(C)(C)=O. The van der Waals surface area contributed by atoms with E-state index in [1.54, 1.807) is 0 Å². The van der Waals surface area contributed by atoms with Crippen LogP contribution in [0.3, 0.4) is 0 Å². The summed E-state index contributed by atoms with van der Waals surface area (Å²) in [6, 6.07) is 0. The Morgan fingerprint density at radius 3 is 2.40 bits per heavy atom. The van der Waals surface area contributed by atoms with Gasteiger partial charge in [0, 0.05) is 13.3 Å². The predicted octanol–water partition coefficient (Wildman–Crippen LogP) is 1.31. The molecule has 1 N–H and O–H groups in total. The van der Waals surface area contributed by atoms with Crippen molar-refractivity contribution in [2.75, 3.05) is 19.9 Å². The molecular formula is C6H15O3P. The van der Waals surface area contributed by atoms with Gasteiger partial charge in [-0.3, -0.25) is 4.57 Å². The molecule has 0 aliphatic rings. The van der Waals surface area contributed by atoms with Gasteiger partial charge >= 0.3 is 0 Å². The van der Waals surface area contributed by atoms with Gasteiger partial charge in [-0.2, -0.15) is 0 Å². The van der Waals surface area contributed by atoms with Crippen LogP contribution in [0.15, 0.2) is 0 Å². The highest BCUT2D eigenvalue weighted by Crippen LogP contribution is 2.37. The molecule has 0 saturated carbocycles. The van der Waals surface area contributed by atoms with E-state index in [1.165, 1.54) is 13.3 Å². The lowest BCUT2D eigenvalue weighted by atomic mass is 10.3. The van der Waals surface area contributed by atoms with Gasteiger partial charge in [-0.15, -0.1) is 0 Å². The van der Waals surface area contributed by atoms with Crippen molar-refractivity contribution < 1.29 is 14.2 Å². The van der Waals surface area contributed by atoms with E-state index < -0.39 is 13.5 Å². The molecule has 3 nitrogen and oxygen atoms in total. The lowest BCUT2D eigenvalue weighted by molar-refractivity contribution is 0.107. The Bertz CT molecular complexity index is 129. The molecule has 0 aliphatic heterocycles. The van der Waals surface area contributed by atoms with Crippen molar-refractivity contribution >= 4 is 7.37 Å². The van der Waals surface area contributed by atoms with Gasteiger partial charge in [0.1, 0.15) is 0 Å². The fraction of sp³-hybridized carbons (Fsp3) is 1.00. The first-order valence-corrected chi connectivity index (χ1v) is 5.85. The number of aliphatic hydroxyl groups excluding tert-OH is 1. The van der Waals surface area contributed by atoms with Gasteiger partial charge in [-0.25, -0.2) is 0 Å². The van der Waals surface area contributed by atoms with Crippen molar-refractivity contribution in [1.82, 2.24) is 0 Å². The van der Waals surface area contributed by atoms with Gasteiger partial charge in [-0.05, 0) is 6.42 Å². The summed E-state index contributed by atoms with van der Waals surface area (Å²) < 4.78 is 15.8. The third kappa shape index (κ3) is 6.27. The Kier molecular flexibility index (Phi) is 4.18. The monoisotopic (exact) mass is 166 g/mol. The summed E-state index contributed by atoms with van der Waals surface area (Å²) in [5.74, 6) is 0. The lowest BCUT2D eigenvalue weighted by Gasteiger charge is -2.11. The van der Waals surface area contributed by atoms with Gasteiger partial charge in [-0.1, -0.05) is 6.92 Å². The molecule has 0 aromatic heterocycles. The predicted molar refractivity (Wildman–Crippen MR) is 41.7 cm³/mol. The fourth-order valence-corrected chi connectivity index (χ4v) is 0.914. The van der Waals surface area contributed by atoms with Crippen molar-refractivity contribution in [3.05, 3.63) is 0 Å². The smallest absolute Gasteiger partial charge is 0.197 e. The van der Waals surface area contributed by atoms with Crippen molar-refractivity contribution in [3.8, 4) is 0 Å². The average Bonchev–Trinajstić information content (AvgIpc) is 1.81. The van der Waals surface area contributed by atoms with E-state index in [2.05, 4.69) is 0 Å². The normalized spacial score (nSPS) is 15.2. The van der Waals surface area contributed by atoms with E-state index in [9.17, 15) is 4.57 Å². The minimum atomic E-state index is -2.39. The van der Waals surface area contributed by atoms with Crippen molar-refractivity contribution in [2.45, 2.75) is 19.4 Å². The Balaban J connectivity index is 3.46. The van der Waals surface area contributed by atoms with Crippen molar-refractivity contribution in [3.63, 3.8) is 0 Å². The summed E-state index contributed by atoms with van der Waals surface area (Å²) in [6.45, 7) is 5.11. The van der Waals surface area contributed by atoms with Crippen LogP contribution in [0.25, 0.3) is 0 Å². The number of hydrogen-bond acceptors (Lipinski definition) is 3. The van der Waals surface area contributed by atoms with Gasteiger partial charge < -0.3 is 9.63 Å². The molecular weight excluding hydrogens is 151 g/mol. The van der Waals surface area contributed by atoms with Gasteiger partial charge in [0.15, 0.2) is 7.37 Å². The van der Waals surface area contributed by atoms with Gasteiger partial charge in [0.05, 0.1) is 12.7 Å². The summed E-state index contributed by atoms with van der Waals surface area (Å²) in [4.78, 5) is 0. The molecule has 0 aromatic carbocycles. The fourth-order valence-electron chi connectivity index (χ4n) is 0.383. The van der Waals surface area contributed by atoms with Crippen LogP contribution >= 0.6 is 7.37 Å². The third-order valence-corrected chi connectivity index (χ3v) is 1.82. The molecule has 62 valence electrons. The number of rotatable bonds is 4. The van der Waals surface area contributed by atoms with E-state index in [4.69, 9.17) is 9.63 Å². The van der Waals surface area contributed by atoms with E-state index in [1.807, 2.05) is 6.92 Å². The second-order valence-electron chi connectivity index (χ2n) is 2.61. The molecule has 0 unspecified atom stereocenters. The summed E-state index contributed by atoms with van der Waals surface area (Å²) in [7, 11) is -2.39. The second-order valence-corrected chi connectivity index (χ2v) is 5.37. The van der Waals surface area contributed by atoms with E-state index >= 15 is 0 Å². The van der Waals surface area contributed by atoms with Gasteiger partial charge in [0.25, 0.3) is 0 Å².